The molecule has 2 aromatic carbocycles. The third-order valence-corrected chi connectivity index (χ3v) is 3.78. The van der Waals surface area contributed by atoms with Crippen molar-refractivity contribution < 1.29 is 5.11 Å². The van der Waals surface area contributed by atoms with Crippen molar-refractivity contribution in [3.8, 4) is 5.75 Å². The predicted octanol–water partition coefficient (Wildman–Crippen LogP) is 3.92. The minimum absolute atomic E-state index is 0.353. The molecular formula is C11H10OS2. The fraction of sp³-hybridized carbons (Fsp3) is 0.0909. The maximum absolute atomic E-state index is 9.65. The number of phenolic OH excluding ortho intramolecular Hbond substituents is 1. The van der Waals surface area contributed by atoms with E-state index in [9.17, 15) is 5.11 Å². The lowest BCUT2D eigenvalue weighted by Crippen LogP contribution is -1.76. The van der Waals surface area contributed by atoms with Gasteiger partial charge in [0.2, 0.25) is 0 Å². The van der Waals surface area contributed by atoms with Crippen LogP contribution >= 0.6 is 21.6 Å². The molecule has 0 saturated carbocycles. The number of benzene rings is 2. The minimum Gasteiger partial charge on any atom is -0.507 e. The van der Waals surface area contributed by atoms with Crippen molar-refractivity contribution in [1.82, 2.24) is 0 Å². The summed E-state index contributed by atoms with van der Waals surface area (Å²) in [4.78, 5) is 1.20. The SMILES string of the molecule is CSSc1ccc(O)c2ccccc12. The van der Waals surface area contributed by atoms with Gasteiger partial charge in [-0.25, -0.2) is 0 Å². The number of hydrogen-bond donors (Lipinski definition) is 1. The van der Waals surface area contributed by atoms with E-state index in [1.807, 2.05) is 36.6 Å². The van der Waals surface area contributed by atoms with E-state index in [0.717, 1.165) is 10.8 Å². The predicted molar refractivity (Wildman–Crippen MR) is 65.0 cm³/mol. The molecule has 72 valence electrons. The average Bonchev–Trinajstić information content (AvgIpc) is 2.23. The first-order valence-electron chi connectivity index (χ1n) is 4.24. The summed E-state index contributed by atoms with van der Waals surface area (Å²) in [5, 5.41) is 11.7. The smallest absolute Gasteiger partial charge is 0.123 e. The molecule has 2 rings (SSSR count). The van der Waals surface area contributed by atoms with Crippen LogP contribution < -0.4 is 0 Å². The van der Waals surface area contributed by atoms with Gasteiger partial charge in [-0.1, -0.05) is 45.9 Å². The first-order chi connectivity index (χ1) is 6.83. The normalized spacial score (nSPS) is 10.6. The van der Waals surface area contributed by atoms with Gasteiger partial charge in [-0.3, -0.25) is 0 Å². The van der Waals surface area contributed by atoms with Crippen LogP contribution in [0.1, 0.15) is 0 Å². The lowest BCUT2D eigenvalue weighted by atomic mass is 10.1. The summed E-state index contributed by atoms with van der Waals surface area (Å²) in [6.45, 7) is 0. The third kappa shape index (κ3) is 1.70. The minimum atomic E-state index is 0.353. The highest BCUT2D eigenvalue weighted by Crippen LogP contribution is 2.37. The zero-order valence-electron chi connectivity index (χ0n) is 7.73. The van der Waals surface area contributed by atoms with Gasteiger partial charge in [-0.05, 0) is 23.8 Å². The molecule has 0 spiro atoms. The van der Waals surface area contributed by atoms with Gasteiger partial charge in [0.1, 0.15) is 5.75 Å². The molecule has 0 heterocycles. The Morgan fingerprint density at radius 3 is 2.43 bits per heavy atom. The van der Waals surface area contributed by atoms with Gasteiger partial charge in [0.25, 0.3) is 0 Å². The average molecular weight is 222 g/mol. The molecule has 0 radical (unpaired) electrons. The molecule has 14 heavy (non-hydrogen) atoms. The van der Waals surface area contributed by atoms with Crippen molar-refractivity contribution >= 4 is 32.4 Å². The molecule has 0 aliphatic rings. The topological polar surface area (TPSA) is 20.2 Å². The van der Waals surface area contributed by atoms with Gasteiger partial charge in [-0.2, -0.15) is 0 Å². The fourth-order valence-electron chi connectivity index (χ4n) is 1.42. The van der Waals surface area contributed by atoms with E-state index in [2.05, 4.69) is 0 Å². The molecule has 1 nitrogen and oxygen atoms in total. The second-order valence-corrected chi connectivity index (χ2v) is 5.32. The summed E-state index contributed by atoms with van der Waals surface area (Å²) >= 11 is 0. The van der Waals surface area contributed by atoms with Gasteiger partial charge < -0.3 is 5.11 Å². The summed E-state index contributed by atoms with van der Waals surface area (Å²) in [5.41, 5.74) is 0. The van der Waals surface area contributed by atoms with Gasteiger partial charge in [0.15, 0.2) is 0 Å². The Hall–Kier alpha value is -0.800. The van der Waals surface area contributed by atoms with Crippen LogP contribution in [0.25, 0.3) is 10.8 Å². The van der Waals surface area contributed by atoms with Crippen molar-refractivity contribution in [2.45, 2.75) is 4.90 Å². The van der Waals surface area contributed by atoms with Crippen LogP contribution in [0.4, 0.5) is 0 Å². The molecule has 0 bridgehead atoms. The van der Waals surface area contributed by atoms with Gasteiger partial charge in [0, 0.05) is 10.3 Å². The molecule has 3 heteroatoms. The van der Waals surface area contributed by atoms with Crippen molar-refractivity contribution in [1.29, 1.82) is 0 Å². The van der Waals surface area contributed by atoms with E-state index >= 15 is 0 Å². The number of fused-ring (bicyclic) bond motifs is 1. The highest BCUT2D eigenvalue weighted by Gasteiger charge is 2.03. The van der Waals surface area contributed by atoms with Crippen LogP contribution in [0.2, 0.25) is 0 Å². The Labute approximate surface area is 90.9 Å². The monoisotopic (exact) mass is 222 g/mol. The quantitative estimate of drug-likeness (QED) is 0.778. The summed E-state index contributed by atoms with van der Waals surface area (Å²) in [6, 6.07) is 11.6. The lowest BCUT2D eigenvalue weighted by Gasteiger charge is -2.05. The van der Waals surface area contributed by atoms with E-state index in [4.69, 9.17) is 0 Å². The molecule has 0 aliphatic heterocycles. The van der Waals surface area contributed by atoms with E-state index in [1.165, 1.54) is 4.90 Å². The second kappa shape index (κ2) is 4.15. The maximum Gasteiger partial charge on any atom is 0.123 e. The molecule has 0 saturated heterocycles. The first kappa shape index (κ1) is 9.74. The second-order valence-electron chi connectivity index (χ2n) is 2.88. The molecule has 1 N–H and O–H groups in total. The molecule has 2 aromatic rings. The fourth-order valence-corrected chi connectivity index (χ4v) is 2.96. The van der Waals surface area contributed by atoms with Crippen molar-refractivity contribution in [2.24, 2.45) is 0 Å². The van der Waals surface area contributed by atoms with Crippen LogP contribution in [0.5, 0.6) is 5.75 Å². The zero-order chi connectivity index (χ0) is 9.97. The van der Waals surface area contributed by atoms with Crippen LogP contribution in [-0.2, 0) is 0 Å². The van der Waals surface area contributed by atoms with Crippen molar-refractivity contribution in [3.05, 3.63) is 36.4 Å². The van der Waals surface area contributed by atoms with Gasteiger partial charge in [0.05, 0.1) is 0 Å². The van der Waals surface area contributed by atoms with Crippen LogP contribution in [0.15, 0.2) is 41.3 Å². The van der Waals surface area contributed by atoms with Gasteiger partial charge >= 0.3 is 0 Å². The summed E-state index contributed by atoms with van der Waals surface area (Å²) in [7, 11) is 3.43. The Balaban J connectivity index is 2.68. The third-order valence-electron chi connectivity index (χ3n) is 2.03. The zero-order valence-corrected chi connectivity index (χ0v) is 9.36. The van der Waals surface area contributed by atoms with Crippen LogP contribution in [0, 0.1) is 0 Å². The molecule has 0 atom stereocenters. The molecule has 0 aliphatic carbocycles. The van der Waals surface area contributed by atoms with E-state index in [1.54, 1.807) is 27.7 Å². The van der Waals surface area contributed by atoms with Crippen molar-refractivity contribution in [3.63, 3.8) is 0 Å². The standard InChI is InChI=1S/C11H10OS2/c1-13-14-11-7-6-10(12)8-4-2-3-5-9(8)11/h2-7,12H,1H3. The summed E-state index contributed by atoms with van der Waals surface area (Å²) in [5.74, 6) is 0.353. The molecule has 0 fully saturated rings. The number of phenols is 1. The van der Waals surface area contributed by atoms with Gasteiger partial charge in [-0.15, -0.1) is 0 Å². The Kier molecular flexibility index (Phi) is 2.89. The largest absolute Gasteiger partial charge is 0.507 e. The summed E-state index contributed by atoms with van der Waals surface area (Å²) < 4.78 is 0. The Morgan fingerprint density at radius 2 is 1.71 bits per heavy atom. The molecule has 0 aromatic heterocycles. The van der Waals surface area contributed by atoms with E-state index < -0.39 is 0 Å². The Bertz CT molecular complexity index is 454. The highest BCUT2D eigenvalue weighted by atomic mass is 33.1. The van der Waals surface area contributed by atoms with Crippen LogP contribution in [0.3, 0.4) is 0 Å². The van der Waals surface area contributed by atoms with E-state index in [0.29, 0.717) is 5.75 Å². The number of hydrogen-bond acceptors (Lipinski definition) is 3. The Morgan fingerprint density at radius 1 is 1.00 bits per heavy atom. The van der Waals surface area contributed by atoms with Crippen LogP contribution in [-0.4, -0.2) is 11.4 Å². The molecule has 0 amide bonds. The van der Waals surface area contributed by atoms with Crippen molar-refractivity contribution in [2.75, 3.05) is 6.26 Å². The first-order valence-corrected chi connectivity index (χ1v) is 6.80. The lowest BCUT2D eigenvalue weighted by molar-refractivity contribution is 0.481. The highest BCUT2D eigenvalue weighted by molar-refractivity contribution is 8.76. The molecular weight excluding hydrogens is 212 g/mol. The number of aromatic hydroxyl groups is 1. The molecule has 0 unspecified atom stereocenters. The maximum atomic E-state index is 9.65. The summed E-state index contributed by atoms with van der Waals surface area (Å²) in [6.07, 6.45) is 2.05. The van der Waals surface area contributed by atoms with E-state index in [-0.39, 0.29) is 0 Å². The number of rotatable bonds is 2.